The van der Waals surface area contributed by atoms with Crippen LogP contribution in [0.25, 0.3) is 0 Å². The van der Waals surface area contributed by atoms with Crippen molar-refractivity contribution in [1.29, 1.82) is 0 Å². The van der Waals surface area contributed by atoms with Gasteiger partial charge in [-0.3, -0.25) is 9.69 Å². The van der Waals surface area contributed by atoms with Crippen LogP contribution in [0.4, 0.5) is 11.5 Å². The predicted molar refractivity (Wildman–Crippen MR) is 101 cm³/mol. The number of anilines is 2. The van der Waals surface area contributed by atoms with Crippen LogP contribution in [-0.2, 0) is 6.42 Å². The van der Waals surface area contributed by atoms with E-state index in [1.807, 2.05) is 23.1 Å². The lowest BCUT2D eigenvalue weighted by atomic mass is 10.2. The van der Waals surface area contributed by atoms with E-state index < -0.39 is 0 Å². The van der Waals surface area contributed by atoms with Crippen molar-refractivity contribution in [2.24, 2.45) is 0 Å². The lowest BCUT2D eigenvalue weighted by Gasteiger charge is -2.34. The Hall–Kier alpha value is -2.44. The summed E-state index contributed by atoms with van der Waals surface area (Å²) < 4.78 is 0. The van der Waals surface area contributed by atoms with Gasteiger partial charge in [-0.1, -0.05) is 18.2 Å². The van der Waals surface area contributed by atoms with Crippen molar-refractivity contribution in [2.45, 2.75) is 6.42 Å². The number of rotatable bonds is 4. The molecule has 1 amide bonds. The van der Waals surface area contributed by atoms with E-state index in [1.165, 1.54) is 11.3 Å². The molecule has 0 unspecified atom stereocenters. The molecular formula is C20H24N4O2. The Labute approximate surface area is 153 Å². The third kappa shape index (κ3) is 3.30. The van der Waals surface area contributed by atoms with Gasteiger partial charge in [-0.15, -0.1) is 0 Å². The highest BCUT2D eigenvalue weighted by molar-refractivity contribution is 5.94. The van der Waals surface area contributed by atoms with Gasteiger partial charge in [0.1, 0.15) is 5.82 Å². The summed E-state index contributed by atoms with van der Waals surface area (Å²) in [4.78, 5) is 23.5. The molecule has 0 bridgehead atoms. The predicted octanol–water partition coefficient (Wildman–Crippen LogP) is 1.53. The van der Waals surface area contributed by atoms with Gasteiger partial charge >= 0.3 is 0 Å². The average Bonchev–Trinajstić information content (AvgIpc) is 3.13. The molecule has 0 radical (unpaired) electrons. The van der Waals surface area contributed by atoms with Gasteiger partial charge in [0.2, 0.25) is 0 Å². The molecular weight excluding hydrogens is 328 g/mol. The van der Waals surface area contributed by atoms with E-state index in [0.29, 0.717) is 25.2 Å². The molecule has 2 aromatic rings. The highest BCUT2D eigenvalue weighted by Gasteiger charge is 2.24. The summed E-state index contributed by atoms with van der Waals surface area (Å²) in [7, 11) is 0. The molecule has 0 aliphatic carbocycles. The molecule has 1 fully saturated rings. The van der Waals surface area contributed by atoms with Crippen LogP contribution in [0.2, 0.25) is 0 Å². The van der Waals surface area contributed by atoms with Crippen LogP contribution >= 0.6 is 0 Å². The minimum absolute atomic E-state index is 0.0366. The molecule has 26 heavy (non-hydrogen) atoms. The normalized spacial score (nSPS) is 17.4. The second-order valence-electron chi connectivity index (χ2n) is 6.79. The van der Waals surface area contributed by atoms with E-state index >= 15 is 0 Å². The van der Waals surface area contributed by atoms with Crippen molar-refractivity contribution < 1.29 is 9.90 Å². The molecule has 2 aliphatic rings. The Bertz CT molecular complexity index is 770. The van der Waals surface area contributed by atoms with E-state index in [0.717, 1.165) is 31.9 Å². The fourth-order valence-corrected chi connectivity index (χ4v) is 3.75. The Morgan fingerprint density at radius 2 is 1.85 bits per heavy atom. The lowest BCUT2D eigenvalue weighted by molar-refractivity contribution is 0.0614. The lowest BCUT2D eigenvalue weighted by Crippen LogP contribution is -2.49. The van der Waals surface area contributed by atoms with E-state index in [2.05, 4.69) is 33.0 Å². The minimum atomic E-state index is 0.0366. The van der Waals surface area contributed by atoms with Crippen LogP contribution in [0.5, 0.6) is 0 Å². The zero-order chi connectivity index (χ0) is 17.9. The molecule has 0 atom stereocenters. The first kappa shape index (κ1) is 17.0. The first-order chi connectivity index (χ1) is 12.8. The minimum Gasteiger partial charge on any atom is -0.395 e. The number of hydrogen-bond donors (Lipinski definition) is 1. The third-order valence-electron chi connectivity index (χ3n) is 5.23. The number of fused-ring (bicyclic) bond motifs is 1. The van der Waals surface area contributed by atoms with Crippen molar-refractivity contribution in [3.8, 4) is 0 Å². The van der Waals surface area contributed by atoms with E-state index in [4.69, 9.17) is 5.11 Å². The second-order valence-corrected chi connectivity index (χ2v) is 6.79. The maximum Gasteiger partial charge on any atom is 0.255 e. The van der Waals surface area contributed by atoms with Gasteiger partial charge in [0, 0.05) is 51.2 Å². The van der Waals surface area contributed by atoms with E-state index in [1.54, 1.807) is 6.20 Å². The van der Waals surface area contributed by atoms with Crippen LogP contribution < -0.4 is 4.90 Å². The molecule has 1 aromatic heterocycles. The standard InChI is InChI=1S/C20H24N4O2/c25-14-13-22-9-11-23(12-10-22)20(26)17-5-6-19(21-15-17)24-8-7-16-3-1-2-4-18(16)24/h1-6,15,25H,7-14H2. The molecule has 1 saturated heterocycles. The number of aromatic nitrogens is 1. The molecule has 1 N–H and O–H groups in total. The number of piperazine rings is 1. The van der Waals surface area contributed by atoms with Gasteiger partial charge < -0.3 is 14.9 Å². The molecule has 6 heteroatoms. The number of β-amino-alcohol motifs (C(OH)–C–C–N with tert-alkyl or cyclic N) is 1. The molecule has 2 aliphatic heterocycles. The van der Waals surface area contributed by atoms with Crippen LogP contribution in [0.3, 0.4) is 0 Å². The zero-order valence-corrected chi connectivity index (χ0v) is 14.8. The van der Waals surface area contributed by atoms with Crippen LogP contribution in [0, 0.1) is 0 Å². The van der Waals surface area contributed by atoms with Gasteiger partial charge in [-0.2, -0.15) is 0 Å². The quantitative estimate of drug-likeness (QED) is 0.904. The molecule has 0 spiro atoms. The van der Waals surface area contributed by atoms with Crippen LogP contribution in [0.1, 0.15) is 15.9 Å². The monoisotopic (exact) mass is 352 g/mol. The summed E-state index contributed by atoms with van der Waals surface area (Å²) >= 11 is 0. The topological polar surface area (TPSA) is 59.9 Å². The fraction of sp³-hybridized carbons (Fsp3) is 0.400. The molecule has 4 rings (SSSR count). The Kier molecular flexibility index (Phi) is 4.86. The first-order valence-corrected chi connectivity index (χ1v) is 9.20. The highest BCUT2D eigenvalue weighted by Crippen LogP contribution is 2.33. The number of hydrogen-bond acceptors (Lipinski definition) is 5. The Balaban J connectivity index is 1.43. The van der Waals surface area contributed by atoms with Gasteiger partial charge in [-0.05, 0) is 30.2 Å². The smallest absolute Gasteiger partial charge is 0.255 e. The summed E-state index contributed by atoms with van der Waals surface area (Å²) in [6, 6.07) is 12.2. The van der Waals surface area contributed by atoms with Gasteiger partial charge in [-0.25, -0.2) is 4.98 Å². The SMILES string of the molecule is O=C(c1ccc(N2CCc3ccccc32)nc1)N1CCN(CCO)CC1. The maximum atomic E-state index is 12.7. The molecule has 0 saturated carbocycles. The fourth-order valence-electron chi connectivity index (χ4n) is 3.75. The number of carbonyl (C=O) groups excluding carboxylic acids is 1. The summed E-state index contributed by atoms with van der Waals surface area (Å²) in [5.74, 6) is 0.925. The Morgan fingerprint density at radius 1 is 1.04 bits per heavy atom. The van der Waals surface area contributed by atoms with Gasteiger partial charge in [0.25, 0.3) is 5.91 Å². The molecule has 136 valence electrons. The van der Waals surface area contributed by atoms with Gasteiger partial charge in [0.05, 0.1) is 12.2 Å². The van der Waals surface area contributed by atoms with Crippen molar-refractivity contribution in [2.75, 3.05) is 50.8 Å². The number of aliphatic hydroxyl groups is 1. The van der Waals surface area contributed by atoms with E-state index in [-0.39, 0.29) is 12.5 Å². The number of amides is 1. The molecule has 3 heterocycles. The van der Waals surface area contributed by atoms with E-state index in [9.17, 15) is 4.79 Å². The number of pyridine rings is 1. The summed E-state index contributed by atoms with van der Waals surface area (Å²) in [5, 5.41) is 9.01. The highest BCUT2D eigenvalue weighted by atomic mass is 16.3. The number of para-hydroxylation sites is 1. The summed E-state index contributed by atoms with van der Waals surface area (Å²) in [5.41, 5.74) is 3.19. The third-order valence-corrected chi connectivity index (χ3v) is 5.23. The largest absolute Gasteiger partial charge is 0.395 e. The number of carbonyl (C=O) groups is 1. The number of nitrogens with zero attached hydrogens (tertiary/aromatic N) is 4. The average molecular weight is 352 g/mol. The van der Waals surface area contributed by atoms with Gasteiger partial charge in [0.15, 0.2) is 0 Å². The van der Waals surface area contributed by atoms with Crippen LogP contribution in [0.15, 0.2) is 42.6 Å². The summed E-state index contributed by atoms with van der Waals surface area (Å²) in [6.45, 7) is 4.77. The summed E-state index contributed by atoms with van der Waals surface area (Å²) in [6.07, 6.45) is 2.72. The van der Waals surface area contributed by atoms with Crippen LogP contribution in [-0.4, -0.2) is 71.7 Å². The molecule has 6 nitrogen and oxygen atoms in total. The molecule has 1 aromatic carbocycles. The number of aliphatic hydroxyl groups excluding tert-OH is 1. The maximum absolute atomic E-state index is 12.7. The number of benzene rings is 1. The van der Waals surface area contributed by atoms with Crippen molar-refractivity contribution in [3.05, 3.63) is 53.7 Å². The van der Waals surface area contributed by atoms with Crippen molar-refractivity contribution in [1.82, 2.24) is 14.8 Å². The first-order valence-electron chi connectivity index (χ1n) is 9.20. The zero-order valence-electron chi connectivity index (χ0n) is 14.8. The van der Waals surface area contributed by atoms with Crippen molar-refractivity contribution >= 4 is 17.4 Å². The second kappa shape index (κ2) is 7.43. The van der Waals surface area contributed by atoms with Crippen molar-refractivity contribution in [3.63, 3.8) is 0 Å². The Morgan fingerprint density at radius 3 is 2.58 bits per heavy atom.